The van der Waals surface area contributed by atoms with Crippen molar-refractivity contribution in [2.24, 2.45) is 0 Å². The van der Waals surface area contributed by atoms with Crippen LogP contribution < -0.4 is 0 Å². The van der Waals surface area contributed by atoms with Gasteiger partial charge in [-0.2, -0.15) is 0 Å². The molecule has 7 aromatic carbocycles. The van der Waals surface area contributed by atoms with Gasteiger partial charge in [0.05, 0.1) is 22.3 Å². The molecule has 2 heterocycles. The monoisotopic (exact) mass is 661 g/mol. The summed E-state index contributed by atoms with van der Waals surface area (Å²) < 4.78 is 0. The van der Waals surface area contributed by atoms with Crippen molar-refractivity contribution in [3.8, 4) is 56.2 Å². The van der Waals surface area contributed by atoms with E-state index in [1.165, 1.54) is 49.9 Å². The summed E-state index contributed by atoms with van der Waals surface area (Å²) >= 11 is 0. The number of pyridine rings is 1. The quantitative estimate of drug-likeness (QED) is 0.189. The lowest BCUT2D eigenvalue weighted by Crippen LogP contribution is -2.25. The van der Waals surface area contributed by atoms with E-state index in [9.17, 15) is 0 Å². The molecule has 1 spiro atoms. The number of hydrogen-bond acceptors (Lipinski definition) is 3. The van der Waals surface area contributed by atoms with E-state index >= 15 is 0 Å². The van der Waals surface area contributed by atoms with Crippen LogP contribution in [0.15, 0.2) is 170 Å². The first-order valence-electron chi connectivity index (χ1n) is 17.9. The number of aryl methyl sites for hydroxylation is 1. The highest BCUT2D eigenvalue weighted by Crippen LogP contribution is 2.63. The molecular weight excluding hydrogens is 631 g/mol. The van der Waals surface area contributed by atoms with Gasteiger partial charge in [0.1, 0.15) is 0 Å². The Hall–Kier alpha value is -6.71. The van der Waals surface area contributed by atoms with Gasteiger partial charge in [-0.15, -0.1) is 0 Å². The number of nitrogens with zero attached hydrogens (tertiary/aromatic N) is 3. The molecule has 0 bridgehead atoms. The lowest BCUT2D eigenvalue weighted by atomic mass is 9.70. The maximum atomic E-state index is 5.46. The number of fused-ring (bicyclic) bond motifs is 12. The molecule has 52 heavy (non-hydrogen) atoms. The molecule has 0 saturated carbocycles. The summed E-state index contributed by atoms with van der Waals surface area (Å²) in [6, 6.07) is 59.1. The minimum Gasteiger partial charge on any atom is -0.256 e. The lowest BCUT2D eigenvalue weighted by Gasteiger charge is -2.30. The standard InChI is InChI=1S/C49H31N3/c1-30-29-32(25-26-33(30)47-34-14-3-2-13-31(34)27-28-50-47)46-38-18-7-11-24-44(38)51-48(52-46)39-19-12-23-43-45(39)37-17-6-10-22-42(37)49(43)40-20-8-4-15-35(40)36-16-5-9-21-41(36)49/h2-29H,1H3. The SMILES string of the molecule is Cc1cc(-c2nc(-c3cccc4c3-c3ccccc3C43c4ccccc4-c4ccccc43)nc3ccccc23)ccc1-c1nccc2ccccc12. The minimum atomic E-state index is -0.419. The Kier molecular flexibility index (Phi) is 6.09. The third-order valence-electron chi connectivity index (χ3n) is 11.3. The zero-order valence-electron chi connectivity index (χ0n) is 28.5. The summed E-state index contributed by atoms with van der Waals surface area (Å²) in [5, 5.41) is 3.37. The van der Waals surface area contributed by atoms with E-state index in [0.717, 1.165) is 55.8 Å². The van der Waals surface area contributed by atoms with Crippen LogP contribution in [-0.2, 0) is 5.41 Å². The van der Waals surface area contributed by atoms with E-state index < -0.39 is 5.41 Å². The van der Waals surface area contributed by atoms with Crippen LogP contribution in [0.4, 0.5) is 0 Å². The molecule has 2 aliphatic carbocycles. The molecule has 0 N–H and O–H groups in total. The third kappa shape index (κ3) is 3.88. The van der Waals surface area contributed by atoms with Gasteiger partial charge >= 0.3 is 0 Å². The molecule has 0 atom stereocenters. The molecule has 9 aromatic rings. The molecule has 2 aromatic heterocycles. The fraction of sp³-hybridized carbons (Fsp3) is 0.0408. The van der Waals surface area contributed by atoms with Crippen LogP contribution in [-0.4, -0.2) is 15.0 Å². The van der Waals surface area contributed by atoms with Crippen LogP contribution >= 0.6 is 0 Å². The second-order valence-corrected chi connectivity index (χ2v) is 13.9. The van der Waals surface area contributed by atoms with Crippen molar-refractivity contribution < 1.29 is 0 Å². The minimum absolute atomic E-state index is 0.419. The summed E-state index contributed by atoms with van der Waals surface area (Å²) in [6.07, 6.45) is 1.90. The number of rotatable bonds is 3. The van der Waals surface area contributed by atoms with Gasteiger partial charge in [0.15, 0.2) is 5.82 Å². The van der Waals surface area contributed by atoms with Gasteiger partial charge in [-0.05, 0) is 80.6 Å². The van der Waals surface area contributed by atoms with Crippen molar-refractivity contribution in [1.82, 2.24) is 15.0 Å². The Morgan fingerprint density at radius 3 is 1.83 bits per heavy atom. The second kappa shape index (κ2) is 10.9. The normalized spacial score (nSPS) is 13.2. The summed E-state index contributed by atoms with van der Waals surface area (Å²) in [5.74, 6) is 0.731. The summed E-state index contributed by atoms with van der Waals surface area (Å²) in [7, 11) is 0. The molecule has 0 fully saturated rings. The smallest absolute Gasteiger partial charge is 0.161 e. The van der Waals surface area contributed by atoms with Gasteiger partial charge in [0.2, 0.25) is 0 Å². The molecule has 0 radical (unpaired) electrons. The van der Waals surface area contributed by atoms with Crippen molar-refractivity contribution in [2.45, 2.75) is 12.3 Å². The molecule has 0 unspecified atom stereocenters. The Morgan fingerprint density at radius 2 is 1.06 bits per heavy atom. The summed E-state index contributed by atoms with van der Waals surface area (Å²) in [5.41, 5.74) is 17.1. The van der Waals surface area contributed by atoms with Crippen molar-refractivity contribution in [1.29, 1.82) is 0 Å². The average molecular weight is 662 g/mol. The topological polar surface area (TPSA) is 38.7 Å². The van der Waals surface area contributed by atoms with Crippen LogP contribution in [0.25, 0.3) is 77.8 Å². The fourth-order valence-electron chi connectivity index (χ4n) is 9.16. The fourth-order valence-corrected chi connectivity index (χ4v) is 9.16. The van der Waals surface area contributed by atoms with Crippen LogP contribution in [0.2, 0.25) is 0 Å². The maximum absolute atomic E-state index is 5.46. The molecule has 11 rings (SSSR count). The predicted molar refractivity (Wildman–Crippen MR) is 212 cm³/mol. The maximum Gasteiger partial charge on any atom is 0.161 e. The van der Waals surface area contributed by atoms with E-state index in [0.29, 0.717) is 0 Å². The molecule has 242 valence electrons. The van der Waals surface area contributed by atoms with Crippen molar-refractivity contribution in [3.05, 3.63) is 198 Å². The highest BCUT2D eigenvalue weighted by Gasteiger charge is 2.52. The average Bonchev–Trinajstić information content (AvgIpc) is 3.68. The zero-order valence-corrected chi connectivity index (χ0v) is 28.5. The highest BCUT2D eigenvalue weighted by molar-refractivity contribution is 6.01. The zero-order chi connectivity index (χ0) is 34.4. The van der Waals surface area contributed by atoms with Crippen molar-refractivity contribution in [2.75, 3.05) is 0 Å². The van der Waals surface area contributed by atoms with Gasteiger partial charge in [-0.3, -0.25) is 4.98 Å². The van der Waals surface area contributed by atoms with E-state index in [1.54, 1.807) is 0 Å². The largest absolute Gasteiger partial charge is 0.256 e. The molecule has 2 aliphatic rings. The highest BCUT2D eigenvalue weighted by atomic mass is 14.9. The Balaban J connectivity index is 1.14. The van der Waals surface area contributed by atoms with Crippen LogP contribution in [0.3, 0.4) is 0 Å². The first kappa shape index (κ1) is 29.1. The number of para-hydroxylation sites is 1. The molecule has 0 saturated heterocycles. The van der Waals surface area contributed by atoms with Crippen LogP contribution in [0, 0.1) is 6.92 Å². The van der Waals surface area contributed by atoms with Gasteiger partial charge < -0.3 is 0 Å². The van der Waals surface area contributed by atoms with E-state index in [-0.39, 0.29) is 0 Å². The van der Waals surface area contributed by atoms with Crippen molar-refractivity contribution in [3.63, 3.8) is 0 Å². The van der Waals surface area contributed by atoms with Crippen LogP contribution in [0.1, 0.15) is 27.8 Å². The van der Waals surface area contributed by atoms with E-state index in [1.807, 2.05) is 6.20 Å². The summed E-state index contributed by atoms with van der Waals surface area (Å²) in [4.78, 5) is 15.6. The predicted octanol–water partition coefficient (Wildman–Crippen LogP) is 11.8. The first-order valence-corrected chi connectivity index (χ1v) is 17.9. The first-order chi connectivity index (χ1) is 25.7. The molecule has 3 nitrogen and oxygen atoms in total. The summed E-state index contributed by atoms with van der Waals surface area (Å²) in [6.45, 7) is 2.17. The van der Waals surface area contributed by atoms with E-state index in [2.05, 4.69) is 171 Å². The third-order valence-corrected chi connectivity index (χ3v) is 11.3. The van der Waals surface area contributed by atoms with Gasteiger partial charge in [-0.25, -0.2) is 9.97 Å². The van der Waals surface area contributed by atoms with E-state index in [4.69, 9.17) is 15.0 Å². The Morgan fingerprint density at radius 1 is 0.442 bits per heavy atom. The van der Waals surface area contributed by atoms with Gasteiger partial charge in [0, 0.05) is 33.7 Å². The molecule has 0 aliphatic heterocycles. The number of aromatic nitrogens is 3. The Labute approximate surface area is 302 Å². The Bertz CT molecular complexity index is 2890. The lowest BCUT2D eigenvalue weighted by molar-refractivity contribution is 0.794. The van der Waals surface area contributed by atoms with Gasteiger partial charge in [-0.1, -0.05) is 146 Å². The van der Waals surface area contributed by atoms with Crippen LogP contribution in [0.5, 0.6) is 0 Å². The number of hydrogen-bond donors (Lipinski definition) is 0. The van der Waals surface area contributed by atoms with Crippen molar-refractivity contribution >= 4 is 21.7 Å². The molecular formula is C49H31N3. The second-order valence-electron chi connectivity index (χ2n) is 13.9. The molecule has 3 heteroatoms. The van der Waals surface area contributed by atoms with Gasteiger partial charge in [0.25, 0.3) is 0 Å². The molecule has 0 amide bonds. The number of benzene rings is 7.